The highest BCUT2D eigenvalue weighted by Crippen LogP contribution is 2.55. The SMILES string of the molecule is c1cc(CNC23CC4CC(CC(C4)C2)C3)cs1. The first-order valence-corrected chi connectivity index (χ1v) is 8.02. The first kappa shape index (κ1) is 10.6. The van der Waals surface area contributed by atoms with Crippen molar-refractivity contribution in [2.75, 3.05) is 0 Å². The third kappa shape index (κ3) is 1.86. The number of hydrogen-bond donors (Lipinski definition) is 1. The minimum atomic E-state index is 0.524. The van der Waals surface area contributed by atoms with Gasteiger partial charge in [-0.1, -0.05) is 0 Å². The quantitative estimate of drug-likeness (QED) is 0.856. The summed E-state index contributed by atoms with van der Waals surface area (Å²) in [4.78, 5) is 0. The Labute approximate surface area is 108 Å². The minimum Gasteiger partial charge on any atom is -0.307 e. The Hall–Kier alpha value is -0.340. The fourth-order valence-corrected chi connectivity index (χ4v) is 5.68. The zero-order valence-electron chi connectivity index (χ0n) is 10.3. The topological polar surface area (TPSA) is 12.0 Å². The average molecular weight is 247 g/mol. The lowest BCUT2D eigenvalue weighted by Crippen LogP contribution is -2.58. The van der Waals surface area contributed by atoms with Gasteiger partial charge in [-0.15, -0.1) is 0 Å². The summed E-state index contributed by atoms with van der Waals surface area (Å²) in [6.07, 6.45) is 9.01. The molecule has 4 saturated carbocycles. The van der Waals surface area contributed by atoms with Crippen molar-refractivity contribution < 1.29 is 0 Å². The van der Waals surface area contributed by atoms with Crippen LogP contribution in [0.4, 0.5) is 0 Å². The second-order valence-electron chi connectivity index (χ2n) is 6.68. The van der Waals surface area contributed by atoms with Gasteiger partial charge in [0.2, 0.25) is 0 Å². The van der Waals surface area contributed by atoms with Gasteiger partial charge in [-0.05, 0) is 78.7 Å². The zero-order chi connectivity index (χ0) is 11.3. The standard InChI is InChI=1S/C15H21NS/c1-2-17-10-11(1)9-16-15-6-12-3-13(7-15)5-14(4-12)8-15/h1-2,10,12-14,16H,3-9H2. The van der Waals surface area contributed by atoms with Crippen LogP contribution in [0.15, 0.2) is 16.8 Å². The van der Waals surface area contributed by atoms with Gasteiger partial charge in [0.1, 0.15) is 0 Å². The Morgan fingerprint density at radius 1 is 1.12 bits per heavy atom. The van der Waals surface area contributed by atoms with Gasteiger partial charge in [0, 0.05) is 12.1 Å². The molecule has 17 heavy (non-hydrogen) atoms. The highest BCUT2D eigenvalue weighted by molar-refractivity contribution is 7.07. The zero-order valence-corrected chi connectivity index (χ0v) is 11.1. The van der Waals surface area contributed by atoms with Gasteiger partial charge >= 0.3 is 0 Å². The monoisotopic (exact) mass is 247 g/mol. The summed E-state index contributed by atoms with van der Waals surface area (Å²) in [5.74, 6) is 3.16. The van der Waals surface area contributed by atoms with E-state index in [4.69, 9.17) is 0 Å². The maximum atomic E-state index is 3.94. The van der Waals surface area contributed by atoms with Crippen molar-refractivity contribution >= 4 is 11.3 Å². The highest BCUT2D eigenvalue weighted by Gasteiger charge is 2.50. The molecule has 0 aliphatic heterocycles. The van der Waals surface area contributed by atoms with Gasteiger partial charge < -0.3 is 5.32 Å². The van der Waals surface area contributed by atoms with Gasteiger partial charge in [0.15, 0.2) is 0 Å². The van der Waals surface area contributed by atoms with Crippen LogP contribution in [0, 0.1) is 17.8 Å². The molecule has 4 fully saturated rings. The van der Waals surface area contributed by atoms with E-state index >= 15 is 0 Å². The van der Waals surface area contributed by atoms with Crippen LogP contribution in [-0.4, -0.2) is 5.54 Å². The predicted molar refractivity (Wildman–Crippen MR) is 72.1 cm³/mol. The molecule has 5 rings (SSSR count). The number of rotatable bonds is 3. The number of hydrogen-bond acceptors (Lipinski definition) is 2. The fraction of sp³-hybridized carbons (Fsp3) is 0.733. The van der Waals surface area contributed by atoms with Crippen LogP contribution < -0.4 is 5.32 Å². The molecule has 1 N–H and O–H groups in total. The summed E-state index contributed by atoms with van der Waals surface area (Å²) in [5.41, 5.74) is 2.00. The van der Waals surface area contributed by atoms with E-state index < -0.39 is 0 Å². The summed E-state index contributed by atoms with van der Waals surface area (Å²) in [5, 5.41) is 8.41. The molecule has 1 nitrogen and oxygen atoms in total. The molecule has 0 spiro atoms. The van der Waals surface area contributed by atoms with E-state index in [1.54, 1.807) is 19.3 Å². The van der Waals surface area contributed by atoms with E-state index in [0.717, 1.165) is 24.3 Å². The molecule has 4 aliphatic carbocycles. The fourth-order valence-electron chi connectivity index (χ4n) is 5.01. The van der Waals surface area contributed by atoms with Crippen molar-refractivity contribution in [2.45, 2.75) is 50.6 Å². The molecular weight excluding hydrogens is 226 g/mol. The predicted octanol–water partition coefficient (Wildman–Crippen LogP) is 3.81. The second kappa shape index (κ2) is 3.83. The maximum absolute atomic E-state index is 3.94. The number of thiophene rings is 1. The maximum Gasteiger partial charge on any atom is 0.0218 e. The summed E-state index contributed by atoms with van der Waals surface area (Å²) >= 11 is 1.82. The van der Waals surface area contributed by atoms with Gasteiger partial charge in [0.05, 0.1) is 0 Å². The molecule has 1 heterocycles. The molecule has 0 amide bonds. The number of nitrogens with one attached hydrogen (secondary N) is 1. The van der Waals surface area contributed by atoms with E-state index in [0.29, 0.717) is 5.54 Å². The minimum absolute atomic E-state index is 0.524. The second-order valence-corrected chi connectivity index (χ2v) is 7.46. The molecule has 0 saturated heterocycles. The van der Waals surface area contributed by atoms with E-state index in [1.807, 2.05) is 11.3 Å². The van der Waals surface area contributed by atoms with Crippen LogP contribution in [-0.2, 0) is 6.54 Å². The summed E-state index contributed by atoms with van der Waals surface area (Å²) < 4.78 is 0. The molecule has 4 bridgehead atoms. The van der Waals surface area contributed by atoms with Crippen LogP contribution in [0.3, 0.4) is 0 Å². The molecule has 1 aromatic heterocycles. The smallest absolute Gasteiger partial charge is 0.0218 e. The van der Waals surface area contributed by atoms with Gasteiger partial charge in [-0.2, -0.15) is 11.3 Å². The van der Waals surface area contributed by atoms with Crippen molar-refractivity contribution in [1.82, 2.24) is 5.32 Å². The summed E-state index contributed by atoms with van der Waals surface area (Å²) in [6, 6.07) is 2.26. The molecular formula is C15H21NS. The molecule has 0 atom stereocenters. The largest absolute Gasteiger partial charge is 0.307 e. The van der Waals surface area contributed by atoms with Gasteiger partial charge in [-0.25, -0.2) is 0 Å². The van der Waals surface area contributed by atoms with Crippen LogP contribution in [0.25, 0.3) is 0 Å². The van der Waals surface area contributed by atoms with Crippen molar-refractivity contribution in [3.05, 3.63) is 22.4 Å². The van der Waals surface area contributed by atoms with E-state index in [1.165, 1.54) is 24.8 Å². The molecule has 0 radical (unpaired) electrons. The summed E-state index contributed by atoms with van der Waals surface area (Å²) in [6.45, 7) is 1.09. The van der Waals surface area contributed by atoms with Crippen LogP contribution in [0.2, 0.25) is 0 Å². The molecule has 0 aromatic carbocycles. The van der Waals surface area contributed by atoms with Gasteiger partial charge in [0.25, 0.3) is 0 Å². The van der Waals surface area contributed by atoms with E-state index in [-0.39, 0.29) is 0 Å². The van der Waals surface area contributed by atoms with Crippen LogP contribution >= 0.6 is 11.3 Å². The van der Waals surface area contributed by atoms with E-state index in [2.05, 4.69) is 22.1 Å². The lowest BCUT2D eigenvalue weighted by molar-refractivity contribution is -0.0205. The van der Waals surface area contributed by atoms with Crippen molar-refractivity contribution in [3.8, 4) is 0 Å². The van der Waals surface area contributed by atoms with Crippen LogP contribution in [0.5, 0.6) is 0 Å². The molecule has 4 aliphatic rings. The normalized spacial score (nSPS) is 43.2. The first-order valence-electron chi connectivity index (χ1n) is 7.07. The Morgan fingerprint density at radius 2 is 1.76 bits per heavy atom. The van der Waals surface area contributed by atoms with Crippen molar-refractivity contribution in [1.29, 1.82) is 0 Å². The Bertz CT molecular complexity index is 360. The Kier molecular flexibility index (Phi) is 2.38. The van der Waals surface area contributed by atoms with Crippen molar-refractivity contribution in [2.24, 2.45) is 17.8 Å². The molecule has 2 heteroatoms. The lowest BCUT2D eigenvalue weighted by atomic mass is 9.53. The molecule has 92 valence electrons. The van der Waals surface area contributed by atoms with Crippen LogP contribution in [0.1, 0.15) is 44.1 Å². The lowest BCUT2D eigenvalue weighted by Gasteiger charge is -2.57. The first-order chi connectivity index (χ1) is 8.31. The summed E-state index contributed by atoms with van der Waals surface area (Å²) in [7, 11) is 0. The van der Waals surface area contributed by atoms with Crippen molar-refractivity contribution in [3.63, 3.8) is 0 Å². The Morgan fingerprint density at radius 3 is 2.29 bits per heavy atom. The Balaban J connectivity index is 1.49. The average Bonchev–Trinajstić information content (AvgIpc) is 2.77. The van der Waals surface area contributed by atoms with E-state index in [9.17, 15) is 0 Å². The third-order valence-electron chi connectivity index (χ3n) is 5.29. The molecule has 1 aromatic rings. The third-order valence-corrected chi connectivity index (χ3v) is 6.02. The van der Waals surface area contributed by atoms with Gasteiger partial charge in [-0.3, -0.25) is 0 Å². The highest BCUT2D eigenvalue weighted by atomic mass is 32.1. The molecule has 0 unspecified atom stereocenters.